The van der Waals surface area contributed by atoms with E-state index in [4.69, 9.17) is 0 Å². The molecule has 0 saturated carbocycles. The Morgan fingerprint density at radius 3 is 2.28 bits per heavy atom. The molecule has 6 bridgehead atoms. The summed E-state index contributed by atoms with van der Waals surface area (Å²) in [6.45, 7) is 5.98. The molecule has 9 heteroatoms. The smallest absolute Gasteiger partial charge is 0.242 e. The van der Waals surface area contributed by atoms with E-state index in [-0.39, 0.29) is 31.2 Å². The average Bonchev–Trinajstić information content (AvgIpc) is 3.35. The van der Waals surface area contributed by atoms with E-state index in [1.807, 2.05) is 42.5 Å². The molecule has 39 heavy (non-hydrogen) atoms. The van der Waals surface area contributed by atoms with Gasteiger partial charge in [0.05, 0.1) is 6.04 Å². The maximum absolute atomic E-state index is 13.4. The van der Waals surface area contributed by atoms with Crippen LogP contribution in [-0.4, -0.2) is 45.3 Å². The quantitative estimate of drug-likeness (QED) is 0.380. The first kappa shape index (κ1) is 28.0. The molecule has 3 aromatic rings. The van der Waals surface area contributed by atoms with Gasteiger partial charge < -0.3 is 21.3 Å². The fourth-order valence-corrected chi connectivity index (χ4v) is 5.13. The van der Waals surface area contributed by atoms with Gasteiger partial charge in [0.1, 0.15) is 24.0 Å². The predicted molar refractivity (Wildman–Crippen MR) is 155 cm³/mol. The van der Waals surface area contributed by atoms with Gasteiger partial charge in [-0.2, -0.15) is 0 Å². The van der Waals surface area contributed by atoms with E-state index >= 15 is 0 Å². The van der Waals surface area contributed by atoms with Crippen LogP contribution in [0.3, 0.4) is 0 Å². The number of hydrogen-bond donors (Lipinski definition) is 4. The normalized spacial score (nSPS) is 20.0. The second-order valence-electron chi connectivity index (χ2n) is 10.5. The van der Waals surface area contributed by atoms with Crippen LogP contribution in [0.1, 0.15) is 51.7 Å². The van der Waals surface area contributed by atoms with Crippen molar-refractivity contribution in [2.75, 3.05) is 17.2 Å². The SMILES string of the molecule is C.CC(C)C[C@@H]1NC(=O)[C@@H]2CCCN2Cc2cccc(c2)Nc2cc(ncn2)Nc2cccc(c2)CNC1=O. The Balaban J connectivity index is 0.00000353. The number of hydrogen-bond acceptors (Lipinski definition) is 7. The molecule has 9 nitrogen and oxygen atoms in total. The van der Waals surface area contributed by atoms with Crippen LogP contribution in [0.2, 0.25) is 0 Å². The maximum atomic E-state index is 13.4. The first-order valence-corrected chi connectivity index (χ1v) is 13.3. The van der Waals surface area contributed by atoms with Crippen molar-refractivity contribution in [2.45, 2.75) is 65.7 Å². The van der Waals surface area contributed by atoms with Crippen LogP contribution in [0.5, 0.6) is 0 Å². The van der Waals surface area contributed by atoms with Crippen molar-refractivity contribution in [1.29, 1.82) is 0 Å². The van der Waals surface area contributed by atoms with E-state index in [9.17, 15) is 9.59 Å². The van der Waals surface area contributed by atoms with Crippen molar-refractivity contribution in [2.24, 2.45) is 5.92 Å². The minimum atomic E-state index is -0.580. The summed E-state index contributed by atoms with van der Waals surface area (Å²) in [6.07, 6.45) is 3.83. The van der Waals surface area contributed by atoms with Crippen LogP contribution in [0.15, 0.2) is 60.9 Å². The fourth-order valence-electron chi connectivity index (χ4n) is 5.13. The monoisotopic (exact) mass is 529 g/mol. The molecule has 2 atom stereocenters. The third-order valence-electron chi connectivity index (χ3n) is 6.92. The van der Waals surface area contributed by atoms with Crippen molar-refractivity contribution < 1.29 is 9.59 Å². The molecule has 0 aliphatic carbocycles. The summed E-state index contributed by atoms with van der Waals surface area (Å²) in [5.74, 6) is 1.35. The number of aromatic nitrogens is 2. The Kier molecular flexibility index (Phi) is 9.14. The van der Waals surface area contributed by atoms with Crippen molar-refractivity contribution in [3.63, 3.8) is 0 Å². The predicted octanol–water partition coefficient (Wildman–Crippen LogP) is 4.73. The number of carbonyl (C=O) groups excluding carboxylic acids is 2. The zero-order chi connectivity index (χ0) is 26.5. The molecule has 1 fully saturated rings. The third kappa shape index (κ3) is 7.32. The zero-order valence-electron chi connectivity index (χ0n) is 21.9. The lowest BCUT2D eigenvalue weighted by Gasteiger charge is -2.27. The number of anilines is 4. The highest BCUT2D eigenvalue weighted by Crippen LogP contribution is 2.24. The molecule has 2 aromatic carbocycles. The largest absolute Gasteiger partial charge is 0.350 e. The van der Waals surface area contributed by atoms with Gasteiger partial charge in [-0.1, -0.05) is 45.5 Å². The molecule has 0 radical (unpaired) electrons. The highest BCUT2D eigenvalue weighted by atomic mass is 16.2. The summed E-state index contributed by atoms with van der Waals surface area (Å²) in [6, 6.07) is 17.0. The molecule has 5 rings (SSSR count). The second-order valence-corrected chi connectivity index (χ2v) is 10.5. The van der Waals surface area contributed by atoms with Gasteiger partial charge in [0.15, 0.2) is 0 Å². The Morgan fingerprint density at radius 2 is 1.59 bits per heavy atom. The van der Waals surface area contributed by atoms with E-state index < -0.39 is 6.04 Å². The Bertz CT molecular complexity index is 1300. The van der Waals surface area contributed by atoms with Gasteiger partial charge in [0.2, 0.25) is 11.8 Å². The molecular formula is C30H39N7O2. The number of fused-ring (bicyclic) bond motifs is 7. The molecule has 206 valence electrons. The van der Waals surface area contributed by atoms with Gasteiger partial charge in [-0.15, -0.1) is 0 Å². The fraction of sp³-hybridized carbons (Fsp3) is 0.400. The van der Waals surface area contributed by atoms with E-state index in [1.54, 1.807) is 0 Å². The summed E-state index contributed by atoms with van der Waals surface area (Å²) >= 11 is 0. The first-order chi connectivity index (χ1) is 18.4. The lowest BCUT2D eigenvalue weighted by atomic mass is 10.0. The lowest BCUT2D eigenvalue weighted by molar-refractivity contribution is -0.132. The maximum Gasteiger partial charge on any atom is 0.242 e. The van der Waals surface area contributed by atoms with E-state index in [2.05, 4.69) is 62.1 Å². The van der Waals surface area contributed by atoms with Crippen LogP contribution in [-0.2, 0) is 22.7 Å². The molecule has 3 heterocycles. The Morgan fingerprint density at radius 1 is 0.923 bits per heavy atom. The average molecular weight is 530 g/mol. The summed E-state index contributed by atoms with van der Waals surface area (Å²) in [5, 5.41) is 12.8. The number of rotatable bonds is 2. The molecule has 2 aliphatic rings. The number of nitrogens with zero attached hydrogens (tertiary/aromatic N) is 3. The summed E-state index contributed by atoms with van der Waals surface area (Å²) in [5.41, 5.74) is 3.81. The lowest BCUT2D eigenvalue weighted by Crippen LogP contribution is -2.52. The summed E-state index contributed by atoms with van der Waals surface area (Å²) in [7, 11) is 0. The van der Waals surface area contributed by atoms with Gasteiger partial charge in [0.25, 0.3) is 0 Å². The van der Waals surface area contributed by atoms with Gasteiger partial charge in [-0.25, -0.2) is 9.97 Å². The van der Waals surface area contributed by atoms with Crippen molar-refractivity contribution in [3.05, 3.63) is 72.1 Å². The van der Waals surface area contributed by atoms with Crippen molar-refractivity contribution in [3.8, 4) is 0 Å². The van der Waals surface area contributed by atoms with Crippen LogP contribution < -0.4 is 21.3 Å². The van der Waals surface area contributed by atoms with E-state index in [0.29, 0.717) is 31.1 Å². The number of carbonyl (C=O) groups is 2. The van der Waals surface area contributed by atoms with E-state index in [1.165, 1.54) is 6.33 Å². The molecule has 2 amide bonds. The van der Waals surface area contributed by atoms with Crippen molar-refractivity contribution >= 4 is 34.8 Å². The first-order valence-electron chi connectivity index (χ1n) is 13.3. The summed E-state index contributed by atoms with van der Waals surface area (Å²) < 4.78 is 0. The second kappa shape index (κ2) is 12.7. The minimum Gasteiger partial charge on any atom is -0.350 e. The highest BCUT2D eigenvalue weighted by molar-refractivity contribution is 5.90. The van der Waals surface area contributed by atoms with Gasteiger partial charge in [-0.3, -0.25) is 14.5 Å². The number of nitrogens with one attached hydrogen (secondary N) is 4. The van der Waals surface area contributed by atoms with E-state index in [0.717, 1.165) is 41.9 Å². The van der Waals surface area contributed by atoms with Crippen LogP contribution in [0, 0.1) is 5.92 Å². The van der Waals surface area contributed by atoms with Crippen LogP contribution in [0.4, 0.5) is 23.0 Å². The Labute approximate surface area is 230 Å². The minimum absolute atomic E-state index is 0. The molecular weight excluding hydrogens is 490 g/mol. The van der Waals surface area contributed by atoms with Crippen LogP contribution >= 0.6 is 0 Å². The molecule has 1 aromatic heterocycles. The zero-order valence-corrected chi connectivity index (χ0v) is 21.9. The van der Waals surface area contributed by atoms with Gasteiger partial charge in [-0.05, 0) is 67.1 Å². The van der Waals surface area contributed by atoms with Crippen LogP contribution in [0.25, 0.3) is 0 Å². The molecule has 0 unspecified atom stereocenters. The Hall–Kier alpha value is -3.98. The third-order valence-corrected chi connectivity index (χ3v) is 6.92. The molecule has 2 aliphatic heterocycles. The number of amides is 2. The molecule has 4 N–H and O–H groups in total. The molecule has 1 saturated heterocycles. The van der Waals surface area contributed by atoms with Gasteiger partial charge in [0, 0.05) is 30.5 Å². The summed E-state index contributed by atoms with van der Waals surface area (Å²) in [4.78, 5) is 37.6. The standard InChI is InChI=1S/C29H35N7O2.CH4/c1-19(2)12-24-28(37)30-16-20-6-3-8-22(13-20)33-26-15-27(32-18-31-26)34-23-9-4-7-21(14-23)17-36-11-5-10-25(36)29(38)35-24;/h3-4,6-9,13-15,18-19,24-25H,5,10-12,16-17H2,1-2H3,(H,30,37)(H,35,38)(H2,31,32,33,34);1H4/t24-,25-;/m0./s1. The highest BCUT2D eigenvalue weighted by Gasteiger charge is 2.33. The van der Waals surface area contributed by atoms with Gasteiger partial charge >= 0.3 is 0 Å². The number of benzene rings is 2. The van der Waals surface area contributed by atoms with Crippen molar-refractivity contribution in [1.82, 2.24) is 25.5 Å². The molecule has 0 spiro atoms. The topological polar surface area (TPSA) is 111 Å².